The minimum atomic E-state index is -4.83. The lowest BCUT2D eigenvalue weighted by molar-refractivity contribution is -0.170. The van der Waals surface area contributed by atoms with Crippen LogP contribution in [0.4, 0.5) is 13.2 Å². The maximum atomic E-state index is 12.4. The summed E-state index contributed by atoms with van der Waals surface area (Å²) in [7, 11) is 0. The minimum Gasteiger partial charge on any atom is -0.322 e. The van der Waals surface area contributed by atoms with Gasteiger partial charge >= 0.3 is 6.18 Å². The van der Waals surface area contributed by atoms with Gasteiger partial charge in [0.15, 0.2) is 0 Å². The SMILES string of the molecule is CC(C)(C)n1c(CC(=O)C(F)(F)F)nc2ccccc21. The largest absolute Gasteiger partial charge is 0.450 e. The summed E-state index contributed by atoms with van der Waals surface area (Å²) in [5.41, 5.74) is 0.856. The Hall–Kier alpha value is -1.85. The zero-order chi connectivity index (χ0) is 15.1. The summed E-state index contributed by atoms with van der Waals surface area (Å²) in [6.07, 6.45) is -5.57. The van der Waals surface area contributed by atoms with Gasteiger partial charge < -0.3 is 4.57 Å². The van der Waals surface area contributed by atoms with Crippen LogP contribution < -0.4 is 0 Å². The third-order valence-electron chi connectivity index (χ3n) is 2.94. The van der Waals surface area contributed by atoms with Crippen LogP contribution in [0.5, 0.6) is 0 Å². The van der Waals surface area contributed by atoms with E-state index in [0.29, 0.717) is 5.52 Å². The predicted molar refractivity (Wildman–Crippen MR) is 69.5 cm³/mol. The average Bonchev–Trinajstić information content (AvgIpc) is 2.64. The lowest BCUT2D eigenvalue weighted by atomic mass is 10.1. The summed E-state index contributed by atoms with van der Waals surface area (Å²) in [6.45, 7) is 5.59. The smallest absolute Gasteiger partial charge is 0.322 e. The van der Waals surface area contributed by atoms with E-state index in [0.717, 1.165) is 5.52 Å². The number of halogens is 3. The van der Waals surface area contributed by atoms with Gasteiger partial charge in [-0.25, -0.2) is 4.98 Å². The number of rotatable bonds is 2. The normalized spacial score (nSPS) is 12.9. The fourth-order valence-corrected chi connectivity index (χ4v) is 2.19. The Labute approximate surface area is 114 Å². The van der Waals surface area contributed by atoms with Gasteiger partial charge in [-0.15, -0.1) is 0 Å². The van der Waals surface area contributed by atoms with Crippen LogP contribution in [0.3, 0.4) is 0 Å². The maximum absolute atomic E-state index is 12.4. The number of para-hydroxylation sites is 2. The highest BCUT2D eigenvalue weighted by molar-refractivity contribution is 5.86. The van der Waals surface area contributed by atoms with Crippen molar-refractivity contribution in [3.63, 3.8) is 0 Å². The Kier molecular flexibility index (Phi) is 3.36. The highest BCUT2D eigenvalue weighted by atomic mass is 19.4. The Balaban J connectivity index is 2.56. The zero-order valence-corrected chi connectivity index (χ0v) is 11.5. The molecule has 1 aromatic carbocycles. The molecular weight excluding hydrogens is 269 g/mol. The second kappa shape index (κ2) is 4.61. The number of benzene rings is 1. The molecule has 0 unspecified atom stereocenters. The number of hydrogen-bond acceptors (Lipinski definition) is 2. The van der Waals surface area contributed by atoms with E-state index in [9.17, 15) is 18.0 Å². The summed E-state index contributed by atoms with van der Waals surface area (Å²) < 4.78 is 39.0. The molecule has 3 nitrogen and oxygen atoms in total. The summed E-state index contributed by atoms with van der Waals surface area (Å²) in [5.74, 6) is -1.64. The van der Waals surface area contributed by atoms with E-state index in [1.54, 1.807) is 28.8 Å². The summed E-state index contributed by atoms with van der Waals surface area (Å²) in [6, 6.07) is 7.06. The molecule has 0 radical (unpaired) electrons. The van der Waals surface area contributed by atoms with E-state index in [1.807, 2.05) is 20.8 Å². The summed E-state index contributed by atoms with van der Waals surface area (Å²) in [4.78, 5) is 15.4. The molecule has 0 N–H and O–H groups in total. The molecule has 0 atom stereocenters. The van der Waals surface area contributed by atoms with E-state index in [2.05, 4.69) is 4.98 Å². The quantitative estimate of drug-likeness (QED) is 0.846. The first-order valence-corrected chi connectivity index (χ1v) is 6.17. The molecule has 0 aliphatic heterocycles. The highest BCUT2D eigenvalue weighted by Crippen LogP contribution is 2.27. The third-order valence-corrected chi connectivity index (χ3v) is 2.94. The number of carbonyl (C=O) groups is 1. The van der Waals surface area contributed by atoms with Crippen molar-refractivity contribution in [2.75, 3.05) is 0 Å². The van der Waals surface area contributed by atoms with Crippen molar-refractivity contribution in [3.05, 3.63) is 30.1 Å². The molecule has 0 saturated carbocycles. The number of Topliss-reactive ketones (excluding diaryl/α,β-unsaturated/α-hetero) is 1. The average molecular weight is 284 g/mol. The number of ketones is 1. The van der Waals surface area contributed by atoms with Crippen LogP contribution >= 0.6 is 0 Å². The van der Waals surface area contributed by atoms with Gasteiger partial charge in [0, 0.05) is 5.54 Å². The highest BCUT2D eigenvalue weighted by Gasteiger charge is 2.39. The summed E-state index contributed by atoms with van der Waals surface area (Å²) in [5, 5.41) is 0. The Morgan fingerprint density at radius 3 is 2.35 bits per heavy atom. The van der Waals surface area contributed by atoms with Crippen molar-refractivity contribution in [1.29, 1.82) is 0 Å². The standard InChI is InChI=1S/C14H15F3N2O/c1-13(2,3)19-10-7-5-4-6-9(10)18-12(19)8-11(20)14(15,16)17/h4-7H,8H2,1-3H3. The molecule has 0 spiro atoms. The lowest BCUT2D eigenvalue weighted by Gasteiger charge is -2.24. The molecule has 20 heavy (non-hydrogen) atoms. The topological polar surface area (TPSA) is 34.9 Å². The van der Waals surface area contributed by atoms with Gasteiger partial charge in [-0.1, -0.05) is 12.1 Å². The molecule has 6 heteroatoms. The van der Waals surface area contributed by atoms with Crippen LogP contribution in [-0.4, -0.2) is 21.5 Å². The zero-order valence-electron chi connectivity index (χ0n) is 11.5. The molecule has 0 saturated heterocycles. The van der Waals surface area contributed by atoms with E-state index in [1.165, 1.54) is 0 Å². The van der Waals surface area contributed by atoms with E-state index in [4.69, 9.17) is 0 Å². The first-order valence-electron chi connectivity index (χ1n) is 6.17. The van der Waals surface area contributed by atoms with Crippen molar-refractivity contribution in [3.8, 4) is 0 Å². The van der Waals surface area contributed by atoms with Crippen LogP contribution in [0.25, 0.3) is 11.0 Å². The number of fused-ring (bicyclic) bond motifs is 1. The van der Waals surface area contributed by atoms with Crippen molar-refractivity contribution in [2.45, 2.75) is 38.9 Å². The van der Waals surface area contributed by atoms with Gasteiger partial charge in [0.25, 0.3) is 0 Å². The van der Waals surface area contributed by atoms with Crippen molar-refractivity contribution < 1.29 is 18.0 Å². The molecule has 0 fully saturated rings. The van der Waals surface area contributed by atoms with Gasteiger partial charge in [0.2, 0.25) is 5.78 Å². The van der Waals surface area contributed by atoms with Crippen molar-refractivity contribution in [2.24, 2.45) is 0 Å². The van der Waals surface area contributed by atoms with Crippen LogP contribution in [0.15, 0.2) is 24.3 Å². The molecule has 0 aliphatic carbocycles. The second-order valence-electron chi connectivity index (χ2n) is 5.62. The number of hydrogen-bond donors (Lipinski definition) is 0. The van der Waals surface area contributed by atoms with Crippen LogP contribution in [-0.2, 0) is 16.8 Å². The van der Waals surface area contributed by atoms with Crippen LogP contribution in [0.1, 0.15) is 26.6 Å². The molecular formula is C14H15F3N2O. The predicted octanol–water partition coefficient (Wildman–Crippen LogP) is 3.47. The van der Waals surface area contributed by atoms with Gasteiger partial charge in [-0.3, -0.25) is 4.79 Å². The van der Waals surface area contributed by atoms with Crippen molar-refractivity contribution >= 4 is 16.8 Å². The molecule has 1 heterocycles. The van der Waals surface area contributed by atoms with E-state index in [-0.39, 0.29) is 5.82 Å². The first kappa shape index (κ1) is 14.6. The van der Waals surface area contributed by atoms with Gasteiger partial charge in [-0.2, -0.15) is 13.2 Å². The molecule has 2 rings (SSSR count). The Morgan fingerprint density at radius 1 is 1.20 bits per heavy atom. The van der Waals surface area contributed by atoms with Gasteiger partial charge in [0.1, 0.15) is 5.82 Å². The molecule has 0 bridgehead atoms. The molecule has 0 amide bonds. The van der Waals surface area contributed by atoms with Crippen molar-refractivity contribution in [1.82, 2.24) is 9.55 Å². The van der Waals surface area contributed by atoms with E-state index < -0.39 is 23.9 Å². The number of nitrogens with zero attached hydrogens (tertiary/aromatic N) is 2. The molecule has 0 aliphatic rings. The minimum absolute atomic E-state index is 0.140. The fraction of sp³-hybridized carbons (Fsp3) is 0.429. The first-order chi connectivity index (χ1) is 9.10. The van der Waals surface area contributed by atoms with Crippen LogP contribution in [0, 0.1) is 0 Å². The monoisotopic (exact) mass is 284 g/mol. The third kappa shape index (κ3) is 2.69. The number of carbonyl (C=O) groups excluding carboxylic acids is 1. The molecule has 1 aromatic heterocycles. The maximum Gasteiger partial charge on any atom is 0.450 e. The Bertz CT molecular complexity index is 650. The lowest BCUT2D eigenvalue weighted by Crippen LogP contribution is -2.29. The summed E-state index contributed by atoms with van der Waals surface area (Å²) >= 11 is 0. The number of aromatic nitrogens is 2. The fourth-order valence-electron chi connectivity index (χ4n) is 2.19. The Morgan fingerprint density at radius 2 is 1.80 bits per heavy atom. The second-order valence-corrected chi connectivity index (χ2v) is 5.62. The molecule has 108 valence electrons. The molecule has 2 aromatic rings. The van der Waals surface area contributed by atoms with Gasteiger partial charge in [0.05, 0.1) is 17.5 Å². The number of alkyl halides is 3. The van der Waals surface area contributed by atoms with E-state index >= 15 is 0 Å². The number of imidazole rings is 1. The van der Waals surface area contributed by atoms with Crippen LogP contribution in [0.2, 0.25) is 0 Å². The van der Waals surface area contributed by atoms with Gasteiger partial charge in [-0.05, 0) is 32.9 Å².